The molecule has 2 nitrogen and oxygen atoms in total. The van der Waals surface area contributed by atoms with Crippen molar-refractivity contribution in [1.29, 1.82) is 0 Å². The lowest BCUT2D eigenvalue weighted by Gasteiger charge is -2.31. The summed E-state index contributed by atoms with van der Waals surface area (Å²) in [4.78, 5) is 3.10. The van der Waals surface area contributed by atoms with Crippen LogP contribution in [0.3, 0.4) is 0 Å². The van der Waals surface area contributed by atoms with Crippen LogP contribution >= 0.6 is 0 Å². The third kappa shape index (κ3) is 3.11. The summed E-state index contributed by atoms with van der Waals surface area (Å²) in [7, 11) is 0. The zero-order chi connectivity index (χ0) is 11.4. The highest BCUT2D eigenvalue weighted by Crippen LogP contribution is 2.29. The number of aromatic amines is 1. The predicted octanol–water partition coefficient (Wildman–Crippen LogP) is 3.32. The van der Waals surface area contributed by atoms with Crippen LogP contribution in [0.4, 0.5) is 0 Å². The van der Waals surface area contributed by atoms with E-state index in [2.05, 4.69) is 36.4 Å². The quantitative estimate of drug-likeness (QED) is 0.800. The lowest BCUT2D eigenvalue weighted by molar-refractivity contribution is 0.238. The molecule has 0 spiro atoms. The summed E-state index contributed by atoms with van der Waals surface area (Å²) in [6.45, 7) is 5.73. The molecule has 2 heteroatoms. The third-order valence-electron chi connectivity index (χ3n) is 3.97. The first-order valence-electron chi connectivity index (χ1n) is 6.60. The Morgan fingerprint density at radius 3 is 2.62 bits per heavy atom. The maximum Gasteiger partial charge on any atom is 0.0223 e. The van der Waals surface area contributed by atoms with Crippen molar-refractivity contribution in [2.24, 2.45) is 11.8 Å². The molecule has 0 aromatic carbocycles. The highest BCUT2D eigenvalue weighted by Gasteiger charge is 2.22. The topological polar surface area (TPSA) is 27.8 Å². The van der Waals surface area contributed by atoms with Gasteiger partial charge in [0.15, 0.2) is 0 Å². The van der Waals surface area contributed by atoms with Gasteiger partial charge in [0.05, 0.1) is 0 Å². The molecule has 0 unspecified atom stereocenters. The number of hydrogen-bond acceptors (Lipinski definition) is 1. The lowest BCUT2D eigenvalue weighted by Crippen LogP contribution is -2.33. The van der Waals surface area contributed by atoms with E-state index in [0.717, 1.165) is 24.4 Å². The minimum absolute atomic E-state index is 0.741. The van der Waals surface area contributed by atoms with Gasteiger partial charge in [0.2, 0.25) is 0 Å². The van der Waals surface area contributed by atoms with Gasteiger partial charge in [-0.05, 0) is 49.1 Å². The molecule has 1 aromatic heterocycles. The van der Waals surface area contributed by atoms with Crippen LogP contribution in [0, 0.1) is 11.8 Å². The van der Waals surface area contributed by atoms with Crippen molar-refractivity contribution in [3.05, 3.63) is 24.0 Å². The van der Waals surface area contributed by atoms with E-state index >= 15 is 0 Å². The van der Waals surface area contributed by atoms with Crippen molar-refractivity contribution in [2.75, 3.05) is 0 Å². The van der Waals surface area contributed by atoms with Crippen molar-refractivity contribution in [3.8, 4) is 0 Å². The molecule has 1 heterocycles. The highest BCUT2D eigenvalue weighted by atomic mass is 14.9. The van der Waals surface area contributed by atoms with Gasteiger partial charge in [-0.1, -0.05) is 13.8 Å². The van der Waals surface area contributed by atoms with E-state index in [1.54, 1.807) is 0 Å². The van der Waals surface area contributed by atoms with E-state index in [1.165, 1.54) is 31.2 Å². The second-order valence-electron chi connectivity index (χ2n) is 5.46. The van der Waals surface area contributed by atoms with Gasteiger partial charge in [0.25, 0.3) is 0 Å². The van der Waals surface area contributed by atoms with Crippen LogP contribution in [-0.2, 0) is 6.54 Å². The van der Waals surface area contributed by atoms with E-state index in [1.807, 2.05) is 6.20 Å². The molecule has 1 saturated carbocycles. The number of rotatable bonds is 4. The molecule has 1 fully saturated rings. The van der Waals surface area contributed by atoms with E-state index < -0.39 is 0 Å². The Hall–Kier alpha value is -0.760. The van der Waals surface area contributed by atoms with E-state index in [-0.39, 0.29) is 0 Å². The van der Waals surface area contributed by atoms with Crippen molar-refractivity contribution in [3.63, 3.8) is 0 Å². The maximum absolute atomic E-state index is 3.66. The zero-order valence-electron chi connectivity index (χ0n) is 10.5. The van der Waals surface area contributed by atoms with Crippen LogP contribution in [0.5, 0.6) is 0 Å². The van der Waals surface area contributed by atoms with E-state index in [0.29, 0.717) is 0 Å². The fourth-order valence-corrected chi connectivity index (χ4v) is 2.72. The Balaban J connectivity index is 1.69. The van der Waals surface area contributed by atoms with Crippen LogP contribution in [0.15, 0.2) is 18.5 Å². The first kappa shape index (κ1) is 11.7. The Kier molecular flexibility index (Phi) is 4.05. The summed E-state index contributed by atoms with van der Waals surface area (Å²) in [6, 6.07) is 2.89. The second kappa shape index (κ2) is 5.53. The summed E-state index contributed by atoms with van der Waals surface area (Å²) in [5, 5.41) is 3.66. The molecule has 1 aliphatic carbocycles. The average Bonchev–Trinajstić information content (AvgIpc) is 2.80. The van der Waals surface area contributed by atoms with E-state index in [4.69, 9.17) is 0 Å². The summed E-state index contributed by atoms with van der Waals surface area (Å²) in [5.74, 6) is 1.83. The normalized spacial score (nSPS) is 26.2. The zero-order valence-corrected chi connectivity index (χ0v) is 10.5. The Labute approximate surface area is 98.8 Å². The monoisotopic (exact) mass is 220 g/mol. The van der Waals surface area contributed by atoms with Crippen molar-refractivity contribution < 1.29 is 0 Å². The third-order valence-corrected chi connectivity index (χ3v) is 3.97. The van der Waals surface area contributed by atoms with Crippen LogP contribution < -0.4 is 5.32 Å². The van der Waals surface area contributed by atoms with Gasteiger partial charge < -0.3 is 10.3 Å². The summed E-state index contributed by atoms with van der Waals surface area (Å²) in [5.41, 5.74) is 1.37. The minimum atomic E-state index is 0.741. The van der Waals surface area contributed by atoms with Crippen LogP contribution in [0.25, 0.3) is 0 Å². The minimum Gasteiger partial charge on any atom is -0.367 e. The molecule has 1 aromatic rings. The van der Waals surface area contributed by atoms with Crippen LogP contribution in [0.1, 0.15) is 45.1 Å². The van der Waals surface area contributed by atoms with Gasteiger partial charge in [-0.2, -0.15) is 0 Å². The summed E-state index contributed by atoms with van der Waals surface area (Å²) >= 11 is 0. The fraction of sp³-hybridized carbons (Fsp3) is 0.714. The number of nitrogens with one attached hydrogen (secondary N) is 2. The van der Waals surface area contributed by atoms with Gasteiger partial charge in [0, 0.05) is 25.0 Å². The molecule has 2 rings (SSSR count). The van der Waals surface area contributed by atoms with Crippen molar-refractivity contribution in [2.45, 2.75) is 52.1 Å². The fourth-order valence-electron chi connectivity index (χ4n) is 2.72. The molecule has 1 aliphatic rings. The Morgan fingerprint density at radius 1 is 1.31 bits per heavy atom. The van der Waals surface area contributed by atoms with Gasteiger partial charge in [0.1, 0.15) is 0 Å². The van der Waals surface area contributed by atoms with Crippen LogP contribution in [-0.4, -0.2) is 11.0 Å². The van der Waals surface area contributed by atoms with Gasteiger partial charge in [-0.3, -0.25) is 0 Å². The SMILES string of the molecule is CC(C)C1CCC(NCc2cc[nH]c2)CC1. The van der Waals surface area contributed by atoms with Gasteiger partial charge >= 0.3 is 0 Å². The number of aromatic nitrogens is 1. The number of hydrogen-bond donors (Lipinski definition) is 2. The summed E-state index contributed by atoms with van der Waals surface area (Å²) in [6.07, 6.45) is 9.59. The van der Waals surface area contributed by atoms with Crippen molar-refractivity contribution in [1.82, 2.24) is 10.3 Å². The Morgan fingerprint density at radius 2 is 2.06 bits per heavy atom. The standard InChI is InChI=1S/C14H24N2/c1-11(2)13-3-5-14(6-4-13)16-10-12-7-8-15-9-12/h7-9,11,13-16H,3-6,10H2,1-2H3. The van der Waals surface area contributed by atoms with E-state index in [9.17, 15) is 0 Å². The first-order valence-corrected chi connectivity index (χ1v) is 6.60. The second-order valence-corrected chi connectivity index (χ2v) is 5.46. The van der Waals surface area contributed by atoms with Crippen LogP contribution in [0.2, 0.25) is 0 Å². The molecular formula is C14H24N2. The summed E-state index contributed by atoms with van der Waals surface area (Å²) < 4.78 is 0. The smallest absolute Gasteiger partial charge is 0.0223 e. The molecule has 0 bridgehead atoms. The van der Waals surface area contributed by atoms with Gasteiger partial charge in [-0.25, -0.2) is 0 Å². The molecule has 0 saturated heterocycles. The molecule has 0 atom stereocenters. The molecule has 0 aliphatic heterocycles. The molecule has 16 heavy (non-hydrogen) atoms. The molecule has 0 radical (unpaired) electrons. The molecular weight excluding hydrogens is 196 g/mol. The predicted molar refractivity (Wildman–Crippen MR) is 68.2 cm³/mol. The first-order chi connectivity index (χ1) is 7.75. The molecule has 90 valence electrons. The Bertz CT molecular complexity index is 282. The highest BCUT2D eigenvalue weighted by molar-refractivity contribution is 5.07. The number of H-pyrrole nitrogens is 1. The van der Waals surface area contributed by atoms with Gasteiger partial charge in [-0.15, -0.1) is 0 Å². The van der Waals surface area contributed by atoms with Crippen molar-refractivity contribution >= 4 is 0 Å². The largest absolute Gasteiger partial charge is 0.367 e. The maximum atomic E-state index is 3.66. The molecule has 0 amide bonds. The lowest BCUT2D eigenvalue weighted by atomic mass is 9.80. The molecule has 2 N–H and O–H groups in total. The average molecular weight is 220 g/mol.